The molecule has 1 aromatic heterocycles. The Kier molecular flexibility index (Phi) is 4.80. The molecule has 0 amide bonds. The number of aromatic nitrogens is 1. The molecule has 4 heteroatoms. The molecule has 1 aliphatic rings. The Bertz CT molecular complexity index is 333. The van der Waals surface area contributed by atoms with Crippen molar-refractivity contribution in [2.24, 2.45) is 5.92 Å². The maximum Gasteiger partial charge on any atom is 0.185 e. The van der Waals surface area contributed by atoms with Gasteiger partial charge in [0.25, 0.3) is 0 Å². The minimum atomic E-state index is 0.934. The van der Waals surface area contributed by atoms with Crippen molar-refractivity contribution < 1.29 is 0 Å². The maximum absolute atomic E-state index is 4.74. The third-order valence-electron chi connectivity index (χ3n) is 3.18. The third kappa shape index (κ3) is 3.96. The van der Waals surface area contributed by atoms with E-state index in [1.807, 2.05) is 0 Å². The SMILES string of the molecule is CCNCCc1csc(N(CC)CC2CC2)n1. The van der Waals surface area contributed by atoms with Gasteiger partial charge in [0.15, 0.2) is 5.13 Å². The van der Waals surface area contributed by atoms with Crippen molar-refractivity contribution >= 4 is 16.5 Å². The Hall–Kier alpha value is -0.610. The first-order chi connectivity index (χ1) is 8.33. The zero-order chi connectivity index (χ0) is 12.1. The predicted molar refractivity (Wildman–Crippen MR) is 75.0 cm³/mol. The van der Waals surface area contributed by atoms with Gasteiger partial charge in [-0.25, -0.2) is 4.98 Å². The van der Waals surface area contributed by atoms with Gasteiger partial charge >= 0.3 is 0 Å². The first-order valence-electron chi connectivity index (χ1n) is 6.73. The molecule has 0 spiro atoms. The number of anilines is 1. The van der Waals surface area contributed by atoms with E-state index >= 15 is 0 Å². The maximum atomic E-state index is 4.74. The van der Waals surface area contributed by atoms with Crippen LogP contribution in [-0.2, 0) is 6.42 Å². The van der Waals surface area contributed by atoms with Crippen LogP contribution < -0.4 is 10.2 Å². The number of nitrogens with one attached hydrogen (secondary N) is 1. The lowest BCUT2D eigenvalue weighted by atomic mass is 10.3. The molecular formula is C13H23N3S. The number of hydrogen-bond acceptors (Lipinski definition) is 4. The molecule has 1 aliphatic carbocycles. The van der Waals surface area contributed by atoms with Gasteiger partial charge in [-0.3, -0.25) is 0 Å². The zero-order valence-electron chi connectivity index (χ0n) is 10.9. The molecule has 0 atom stereocenters. The standard InChI is InChI=1S/C13H23N3S/c1-3-14-8-7-12-10-17-13(15-12)16(4-2)9-11-5-6-11/h10-11,14H,3-9H2,1-2H3. The van der Waals surface area contributed by atoms with Gasteiger partial charge in [-0.15, -0.1) is 11.3 Å². The molecule has 1 N–H and O–H groups in total. The number of thiazole rings is 1. The van der Waals surface area contributed by atoms with E-state index in [1.165, 1.54) is 30.2 Å². The lowest BCUT2D eigenvalue weighted by Gasteiger charge is -2.19. The number of rotatable bonds is 8. The van der Waals surface area contributed by atoms with Crippen LogP contribution in [0.2, 0.25) is 0 Å². The Morgan fingerprint density at radius 3 is 2.94 bits per heavy atom. The fraction of sp³-hybridized carbons (Fsp3) is 0.769. The summed E-state index contributed by atoms with van der Waals surface area (Å²) in [5, 5.41) is 6.77. The lowest BCUT2D eigenvalue weighted by Crippen LogP contribution is -2.25. The van der Waals surface area contributed by atoms with Crippen molar-refractivity contribution in [1.29, 1.82) is 0 Å². The summed E-state index contributed by atoms with van der Waals surface area (Å²) >= 11 is 1.80. The molecule has 17 heavy (non-hydrogen) atoms. The van der Waals surface area contributed by atoms with E-state index < -0.39 is 0 Å². The minimum absolute atomic E-state index is 0.934. The highest BCUT2D eigenvalue weighted by molar-refractivity contribution is 7.13. The van der Waals surface area contributed by atoms with Gasteiger partial charge in [0.05, 0.1) is 5.69 Å². The Balaban J connectivity index is 1.85. The van der Waals surface area contributed by atoms with Crippen molar-refractivity contribution in [2.45, 2.75) is 33.1 Å². The summed E-state index contributed by atoms with van der Waals surface area (Å²) in [7, 11) is 0. The quantitative estimate of drug-likeness (QED) is 0.722. The van der Waals surface area contributed by atoms with Crippen LogP contribution in [0.3, 0.4) is 0 Å². The van der Waals surface area contributed by atoms with Crippen LogP contribution >= 0.6 is 11.3 Å². The van der Waals surface area contributed by atoms with Crippen LogP contribution in [0, 0.1) is 5.92 Å². The minimum Gasteiger partial charge on any atom is -0.348 e. The van der Waals surface area contributed by atoms with E-state index in [-0.39, 0.29) is 0 Å². The average Bonchev–Trinajstić information content (AvgIpc) is 3.04. The predicted octanol–water partition coefficient (Wildman–Crippen LogP) is 2.53. The van der Waals surface area contributed by atoms with Crippen LogP contribution in [0.15, 0.2) is 5.38 Å². The summed E-state index contributed by atoms with van der Waals surface area (Å²) in [5.41, 5.74) is 1.24. The van der Waals surface area contributed by atoms with Gasteiger partial charge < -0.3 is 10.2 Å². The summed E-state index contributed by atoms with van der Waals surface area (Å²) < 4.78 is 0. The van der Waals surface area contributed by atoms with E-state index in [2.05, 4.69) is 29.4 Å². The molecule has 0 unspecified atom stereocenters. The Labute approximate surface area is 108 Å². The van der Waals surface area contributed by atoms with Crippen LogP contribution in [0.25, 0.3) is 0 Å². The van der Waals surface area contributed by atoms with Crippen LogP contribution in [-0.4, -0.2) is 31.2 Å². The normalized spacial score (nSPS) is 15.2. The van der Waals surface area contributed by atoms with Crippen molar-refractivity contribution in [3.63, 3.8) is 0 Å². The monoisotopic (exact) mass is 253 g/mol. The number of hydrogen-bond donors (Lipinski definition) is 1. The molecule has 1 saturated carbocycles. The fourth-order valence-corrected chi connectivity index (χ4v) is 2.84. The zero-order valence-corrected chi connectivity index (χ0v) is 11.7. The number of likely N-dealkylation sites (N-methyl/N-ethyl adjacent to an activating group) is 1. The molecule has 0 saturated heterocycles. The molecule has 0 bridgehead atoms. The van der Waals surface area contributed by atoms with Gasteiger partial charge in [-0.2, -0.15) is 0 Å². The third-order valence-corrected chi connectivity index (χ3v) is 4.13. The molecular weight excluding hydrogens is 230 g/mol. The topological polar surface area (TPSA) is 28.2 Å². The van der Waals surface area contributed by atoms with E-state index in [9.17, 15) is 0 Å². The van der Waals surface area contributed by atoms with Crippen molar-refractivity contribution in [2.75, 3.05) is 31.1 Å². The highest BCUT2D eigenvalue weighted by Gasteiger charge is 2.24. The first kappa shape index (κ1) is 12.8. The largest absolute Gasteiger partial charge is 0.348 e. The fourth-order valence-electron chi connectivity index (χ4n) is 1.90. The second kappa shape index (κ2) is 6.36. The van der Waals surface area contributed by atoms with E-state index in [4.69, 9.17) is 4.98 Å². The van der Waals surface area contributed by atoms with Crippen LogP contribution in [0.4, 0.5) is 5.13 Å². The highest BCUT2D eigenvalue weighted by Crippen LogP contribution is 2.32. The first-order valence-corrected chi connectivity index (χ1v) is 7.61. The Morgan fingerprint density at radius 1 is 1.47 bits per heavy atom. The lowest BCUT2D eigenvalue weighted by molar-refractivity contribution is 0.705. The van der Waals surface area contributed by atoms with Crippen LogP contribution in [0.5, 0.6) is 0 Å². The summed E-state index contributed by atoms with van der Waals surface area (Å²) in [4.78, 5) is 7.17. The molecule has 1 fully saturated rings. The molecule has 0 radical (unpaired) electrons. The second-order valence-corrected chi connectivity index (χ2v) is 5.54. The summed E-state index contributed by atoms with van der Waals surface area (Å²) in [6.07, 6.45) is 3.87. The molecule has 1 aromatic rings. The van der Waals surface area contributed by atoms with Crippen molar-refractivity contribution in [3.8, 4) is 0 Å². The molecule has 3 nitrogen and oxygen atoms in total. The molecule has 1 heterocycles. The van der Waals surface area contributed by atoms with Gasteiger partial charge in [0.2, 0.25) is 0 Å². The van der Waals surface area contributed by atoms with Crippen LogP contribution in [0.1, 0.15) is 32.4 Å². The molecule has 2 rings (SSSR count). The van der Waals surface area contributed by atoms with E-state index in [0.29, 0.717) is 0 Å². The second-order valence-electron chi connectivity index (χ2n) is 4.71. The molecule has 0 aromatic carbocycles. The van der Waals surface area contributed by atoms with Crippen molar-refractivity contribution in [1.82, 2.24) is 10.3 Å². The smallest absolute Gasteiger partial charge is 0.185 e. The van der Waals surface area contributed by atoms with Gasteiger partial charge in [-0.05, 0) is 32.2 Å². The van der Waals surface area contributed by atoms with Gasteiger partial charge in [0.1, 0.15) is 0 Å². The Morgan fingerprint density at radius 2 is 2.29 bits per heavy atom. The molecule has 0 aliphatic heterocycles. The summed E-state index contributed by atoms with van der Waals surface area (Å²) in [6, 6.07) is 0. The number of nitrogens with zero attached hydrogens (tertiary/aromatic N) is 2. The molecule has 96 valence electrons. The van der Waals surface area contributed by atoms with Gasteiger partial charge in [-0.1, -0.05) is 6.92 Å². The van der Waals surface area contributed by atoms with Crippen molar-refractivity contribution in [3.05, 3.63) is 11.1 Å². The highest BCUT2D eigenvalue weighted by atomic mass is 32.1. The summed E-state index contributed by atoms with van der Waals surface area (Å²) in [6.45, 7) is 8.73. The average molecular weight is 253 g/mol. The summed E-state index contributed by atoms with van der Waals surface area (Å²) in [5.74, 6) is 0.934. The van der Waals surface area contributed by atoms with Gasteiger partial charge in [0, 0.05) is 31.4 Å². The van der Waals surface area contributed by atoms with E-state index in [1.54, 1.807) is 11.3 Å². The van der Waals surface area contributed by atoms with E-state index in [0.717, 1.165) is 32.0 Å².